The van der Waals surface area contributed by atoms with Crippen molar-refractivity contribution in [1.82, 2.24) is 10.2 Å². The number of likely N-dealkylation sites (N-methyl/N-ethyl adjacent to an activating group) is 1. The van der Waals surface area contributed by atoms with E-state index in [1.54, 1.807) is 0 Å². The number of carbonyl (C=O) groups is 1. The molecule has 1 aliphatic rings. The van der Waals surface area contributed by atoms with E-state index in [1.165, 1.54) is 5.56 Å². The highest BCUT2D eigenvalue weighted by molar-refractivity contribution is 5.92. The van der Waals surface area contributed by atoms with Crippen LogP contribution in [-0.2, 0) is 11.2 Å². The van der Waals surface area contributed by atoms with Gasteiger partial charge in [0.15, 0.2) is 0 Å². The van der Waals surface area contributed by atoms with E-state index in [2.05, 4.69) is 28.5 Å². The smallest absolute Gasteiger partial charge is 0.238 e. The Morgan fingerprint density at radius 3 is 2.85 bits per heavy atom. The van der Waals surface area contributed by atoms with Crippen molar-refractivity contribution in [3.63, 3.8) is 0 Å². The summed E-state index contributed by atoms with van der Waals surface area (Å²) in [6, 6.07) is 8.58. The number of nitrogens with one attached hydrogen (secondary N) is 2. The van der Waals surface area contributed by atoms with Gasteiger partial charge in [-0.25, -0.2) is 0 Å². The molecule has 1 heterocycles. The molecule has 110 valence electrons. The zero-order valence-electron chi connectivity index (χ0n) is 12.5. The monoisotopic (exact) mass is 275 g/mol. The molecule has 1 amide bonds. The van der Waals surface area contributed by atoms with Crippen molar-refractivity contribution in [3.8, 4) is 0 Å². The summed E-state index contributed by atoms with van der Waals surface area (Å²) < 4.78 is 0. The fourth-order valence-electron chi connectivity index (χ4n) is 2.67. The second-order valence-corrected chi connectivity index (χ2v) is 5.50. The van der Waals surface area contributed by atoms with E-state index in [4.69, 9.17) is 0 Å². The van der Waals surface area contributed by atoms with Gasteiger partial charge < -0.3 is 10.6 Å². The summed E-state index contributed by atoms with van der Waals surface area (Å²) in [6.45, 7) is 4.68. The van der Waals surface area contributed by atoms with Crippen LogP contribution < -0.4 is 10.6 Å². The van der Waals surface area contributed by atoms with Gasteiger partial charge in [-0.15, -0.1) is 0 Å². The van der Waals surface area contributed by atoms with Crippen LogP contribution in [0.3, 0.4) is 0 Å². The summed E-state index contributed by atoms with van der Waals surface area (Å²) in [4.78, 5) is 14.3. The highest BCUT2D eigenvalue weighted by atomic mass is 16.2. The van der Waals surface area contributed by atoms with Crippen LogP contribution >= 0.6 is 0 Å². The van der Waals surface area contributed by atoms with Crippen molar-refractivity contribution in [2.75, 3.05) is 32.0 Å². The maximum absolute atomic E-state index is 12.1. The van der Waals surface area contributed by atoms with Gasteiger partial charge in [-0.3, -0.25) is 9.69 Å². The zero-order valence-corrected chi connectivity index (χ0v) is 12.5. The fraction of sp³-hybridized carbons (Fsp3) is 0.562. The van der Waals surface area contributed by atoms with Crippen molar-refractivity contribution in [1.29, 1.82) is 0 Å². The number of amides is 1. The van der Waals surface area contributed by atoms with E-state index in [1.807, 2.05) is 25.2 Å². The molecule has 4 nitrogen and oxygen atoms in total. The van der Waals surface area contributed by atoms with Crippen LogP contribution in [0.5, 0.6) is 0 Å². The van der Waals surface area contributed by atoms with Crippen LogP contribution in [0.1, 0.15) is 25.3 Å². The highest BCUT2D eigenvalue weighted by Crippen LogP contribution is 2.12. The molecule has 20 heavy (non-hydrogen) atoms. The largest absolute Gasteiger partial charge is 0.325 e. The summed E-state index contributed by atoms with van der Waals surface area (Å²) >= 11 is 0. The lowest BCUT2D eigenvalue weighted by atomic mass is 10.1. The van der Waals surface area contributed by atoms with Gasteiger partial charge in [0.05, 0.1) is 6.54 Å². The molecule has 0 bridgehead atoms. The standard InChI is InChI=1S/C16H25N3O/c1-3-13-5-4-6-14(11-13)18-16(20)12-19(2)15-7-9-17-10-8-15/h4-6,11,15,17H,3,7-10,12H2,1-2H3,(H,18,20). The van der Waals surface area contributed by atoms with E-state index in [9.17, 15) is 4.79 Å². The first kappa shape index (κ1) is 15.0. The number of nitrogens with zero attached hydrogens (tertiary/aromatic N) is 1. The number of anilines is 1. The molecular formula is C16H25N3O. The van der Waals surface area contributed by atoms with E-state index in [-0.39, 0.29) is 5.91 Å². The first-order valence-corrected chi connectivity index (χ1v) is 7.48. The summed E-state index contributed by atoms with van der Waals surface area (Å²) in [5.74, 6) is 0.0688. The number of rotatable bonds is 5. The number of carbonyl (C=O) groups excluding carboxylic acids is 1. The van der Waals surface area contributed by atoms with E-state index in [0.29, 0.717) is 12.6 Å². The van der Waals surface area contributed by atoms with Gasteiger partial charge in [0.1, 0.15) is 0 Å². The predicted molar refractivity (Wildman–Crippen MR) is 83.0 cm³/mol. The Bertz CT molecular complexity index is 441. The molecule has 1 saturated heterocycles. The number of aryl methyl sites for hydroxylation is 1. The normalized spacial score (nSPS) is 16.4. The quantitative estimate of drug-likeness (QED) is 0.862. The summed E-state index contributed by atoms with van der Waals surface area (Å²) in [6.07, 6.45) is 3.23. The summed E-state index contributed by atoms with van der Waals surface area (Å²) in [7, 11) is 2.04. The van der Waals surface area contributed by atoms with Gasteiger partial charge in [-0.05, 0) is 57.1 Å². The second-order valence-electron chi connectivity index (χ2n) is 5.50. The maximum Gasteiger partial charge on any atom is 0.238 e. The van der Waals surface area contributed by atoms with Crippen molar-refractivity contribution >= 4 is 11.6 Å². The molecule has 1 aromatic rings. The minimum Gasteiger partial charge on any atom is -0.325 e. The van der Waals surface area contributed by atoms with Crippen molar-refractivity contribution in [2.45, 2.75) is 32.2 Å². The average Bonchev–Trinajstić information content (AvgIpc) is 2.48. The third kappa shape index (κ3) is 4.32. The van der Waals surface area contributed by atoms with Crippen LogP contribution in [0.15, 0.2) is 24.3 Å². The topological polar surface area (TPSA) is 44.4 Å². The molecule has 1 aliphatic heterocycles. The second kappa shape index (κ2) is 7.41. The molecule has 0 saturated carbocycles. The maximum atomic E-state index is 12.1. The van der Waals surface area contributed by atoms with E-state index in [0.717, 1.165) is 38.0 Å². The molecule has 4 heteroatoms. The Kier molecular flexibility index (Phi) is 5.56. The molecule has 1 fully saturated rings. The van der Waals surface area contributed by atoms with Gasteiger partial charge in [-0.1, -0.05) is 19.1 Å². The summed E-state index contributed by atoms with van der Waals surface area (Å²) in [5, 5.41) is 6.34. The molecule has 0 aliphatic carbocycles. The molecule has 0 spiro atoms. The molecular weight excluding hydrogens is 250 g/mol. The van der Waals surface area contributed by atoms with Gasteiger partial charge in [0.25, 0.3) is 0 Å². The van der Waals surface area contributed by atoms with E-state index >= 15 is 0 Å². The molecule has 0 aromatic heterocycles. The number of hydrogen-bond acceptors (Lipinski definition) is 3. The van der Waals surface area contributed by atoms with Crippen molar-refractivity contribution in [2.24, 2.45) is 0 Å². The lowest BCUT2D eigenvalue weighted by molar-refractivity contribution is -0.117. The van der Waals surface area contributed by atoms with Gasteiger partial charge in [0.2, 0.25) is 5.91 Å². The molecule has 0 unspecified atom stereocenters. The molecule has 0 atom stereocenters. The molecule has 1 aromatic carbocycles. The lowest BCUT2D eigenvalue weighted by Crippen LogP contribution is -2.44. The SMILES string of the molecule is CCc1cccc(NC(=O)CN(C)C2CCNCC2)c1. The Hall–Kier alpha value is -1.39. The fourth-order valence-corrected chi connectivity index (χ4v) is 2.67. The molecule has 2 N–H and O–H groups in total. The van der Waals surface area contributed by atoms with Crippen LogP contribution in [0, 0.1) is 0 Å². The Morgan fingerprint density at radius 1 is 1.40 bits per heavy atom. The lowest BCUT2D eigenvalue weighted by Gasteiger charge is -2.31. The van der Waals surface area contributed by atoms with Crippen LogP contribution in [0.2, 0.25) is 0 Å². The molecule has 2 rings (SSSR count). The molecule has 0 radical (unpaired) electrons. The van der Waals surface area contributed by atoms with Gasteiger partial charge in [-0.2, -0.15) is 0 Å². The third-order valence-electron chi connectivity index (χ3n) is 3.94. The minimum absolute atomic E-state index is 0.0688. The Balaban J connectivity index is 1.84. The van der Waals surface area contributed by atoms with Crippen LogP contribution in [-0.4, -0.2) is 43.5 Å². The van der Waals surface area contributed by atoms with Crippen molar-refractivity contribution < 1.29 is 4.79 Å². The predicted octanol–water partition coefficient (Wildman–Crippen LogP) is 1.87. The van der Waals surface area contributed by atoms with E-state index < -0.39 is 0 Å². The first-order valence-electron chi connectivity index (χ1n) is 7.48. The zero-order chi connectivity index (χ0) is 14.4. The Morgan fingerprint density at radius 2 is 2.15 bits per heavy atom. The Labute approximate surface area is 121 Å². The van der Waals surface area contributed by atoms with Crippen molar-refractivity contribution in [3.05, 3.63) is 29.8 Å². The van der Waals surface area contributed by atoms with Gasteiger partial charge in [0, 0.05) is 11.7 Å². The summed E-state index contributed by atoms with van der Waals surface area (Å²) in [5.41, 5.74) is 2.14. The van der Waals surface area contributed by atoms with Gasteiger partial charge >= 0.3 is 0 Å². The number of piperidine rings is 1. The van der Waals surface area contributed by atoms with Crippen LogP contribution in [0.4, 0.5) is 5.69 Å². The first-order chi connectivity index (χ1) is 9.69. The minimum atomic E-state index is 0.0688. The third-order valence-corrected chi connectivity index (χ3v) is 3.94. The average molecular weight is 275 g/mol. The number of hydrogen-bond donors (Lipinski definition) is 2. The number of benzene rings is 1. The highest BCUT2D eigenvalue weighted by Gasteiger charge is 2.19. The van der Waals surface area contributed by atoms with Crippen LogP contribution in [0.25, 0.3) is 0 Å².